The van der Waals surface area contributed by atoms with E-state index < -0.39 is 0 Å². The molecular weight excluding hydrogens is 250 g/mol. The van der Waals surface area contributed by atoms with Crippen LogP contribution in [0.1, 0.15) is 67.3 Å². The minimum atomic E-state index is 0.597. The summed E-state index contributed by atoms with van der Waals surface area (Å²) in [7, 11) is 0. The monoisotopic (exact) mass is 279 g/mol. The van der Waals surface area contributed by atoms with Gasteiger partial charge in [0.1, 0.15) is 0 Å². The molecule has 1 atom stereocenters. The van der Waals surface area contributed by atoms with E-state index in [4.69, 9.17) is 0 Å². The van der Waals surface area contributed by atoms with Crippen molar-refractivity contribution in [1.82, 2.24) is 5.32 Å². The van der Waals surface area contributed by atoms with Crippen LogP contribution in [0, 0.1) is 25.7 Å². The van der Waals surface area contributed by atoms with E-state index in [1.807, 2.05) is 11.3 Å². The van der Waals surface area contributed by atoms with Crippen LogP contribution in [-0.4, -0.2) is 6.54 Å². The lowest BCUT2D eigenvalue weighted by atomic mass is 9.77. The topological polar surface area (TPSA) is 12.0 Å². The first-order chi connectivity index (χ1) is 9.15. The van der Waals surface area contributed by atoms with Crippen molar-refractivity contribution < 1.29 is 0 Å². The molecule has 1 fully saturated rings. The van der Waals surface area contributed by atoms with Crippen LogP contribution in [0.15, 0.2) is 6.07 Å². The fraction of sp³-hybridized carbons (Fsp3) is 0.765. The SMILES string of the molecule is CCNC(c1cc(C)c(C)s1)C1CCC(CC)CC1. The van der Waals surface area contributed by atoms with Crippen molar-refractivity contribution in [3.63, 3.8) is 0 Å². The molecule has 2 rings (SSSR count). The number of hydrogen-bond acceptors (Lipinski definition) is 2. The lowest BCUT2D eigenvalue weighted by Crippen LogP contribution is -2.30. The number of hydrogen-bond donors (Lipinski definition) is 1. The molecule has 1 heterocycles. The normalized spacial score (nSPS) is 25.5. The predicted octanol–water partition coefficient (Wildman–Crippen LogP) is 5.23. The first-order valence-electron chi connectivity index (χ1n) is 7.96. The Morgan fingerprint density at radius 3 is 2.37 bits per heavy atom. The second kappa shape index (κ2) is 6.90. The molecule has 1 aromatic rings. The van der Waals surface area contributed by atoms with Crippen molar-refractivity contribution in [1.29, 1.82) is 0 Å². The Bertz CT molecular complexity index is 368. The van der Waals surface area contributed by atoms with E-state index in [1.54, 1.807) is 4.88 Å². The number of rotatable bonds is 5. The molecule has 1 N–H and O–H groups in total. The van der Waals surface area contributed by atoms with Gasteiger partial charge < -0.3 is 5.32 Å². The molecule has 108 valence electrons. The average molecular weight is 279 g/mol. The quantitative estimate of drug-likeness (QED) is 0.778. The Kier molecular flexibility index (Phi) is 5.47. The smallest absolute Gasteiger partial charge is 0.0443 e. The van der Waals surface area contributed by atoms with Crippen molar-refractivity contribution in [3.05, 3.63) is 21.4 Å². The molecule has 2 heteroatoms. The highest BCUT2D eigenvalue weighted by Gasteiger charge is 2.28. The Morgan fingerprint density at radius 1 is 1.21 bits per heavy atom. The van der Waals surface area contributed by atoms with E-state index in [0.717, 1.165) is 18.4 Å². The third kappa shape index (κ3) is 3.61. The van der Waals surface area contributed by atoms with Gasteiger partial charge in [-0.3, -0.25) is 0 Å². The standard InChI is InChI=1S/C17H29NS/c1-5-14-7-9-15(10-8-14)17(18-6-2)16-11-12(3)13(4)19-16/h11,14-15,17-18H,5-10H2,1-4H3. The van der Waals surface area contributed by atoms with Crippen LogP contribution in [-0.2, 0) is 0 Å². The second-order valence-electron chi connectivity index (χ2n) is 6.11. The zero-order valence-electron chi connectivity index (χ0n) is 13.0. The van der Waals surface area contributed by atoms with Gasteiger partial charge >= 0.3 is 0 Å². The van der Waals surface area contributed by atoms with Gasteiger partial charge in [-0.2, -0.15) is 0 Å². The van der Waals surface area contributed by atoms with Crippen molar-refractivity contribution in [3.8, 4) is 0 Å². The average Bonchev–Trinajstić information content (AvgIpc) is 2.76. The molecule has 1 saturated carbocycles. The summed E-state index contributed by atoms with van der Waals surface area (Å²) in [5.41, 5.74) is 1.46. The van der Waals surface area contributed by atoms with E-state index >= 15 is 0 Å². The highest BCUT2D eigenvalue weighted by molar-refractivity contribution is 7.12. The van der Waals surface area contributed by atoms with Crippen molar-refractivity contribution in [2.75, 3.05) is 6.54 Å². The Morgan fingerprint density at radius 2 is 1.89 bits per heavy atom. The summed E-state index contributed by atoms with van der Waals surface area (Å²) in [6.07, 6.45) is 7.06. The largest absolute Gasteiger partial charge is 0.309 e. The summed E-state index contributed by atoms with van der Waals surface area (Å²) < 4.78 is 0. The molecule has 0 saturated heterocycles. The van der Waals surface area contributed by atoms with E-state index in [-0.39, 0.29) is 0 Å². The fourth-order valence-electron chi connectivity index (χ4n) is 3.40. The maximum Gasteiger partial charge on any atom is 0.0443 e. The fourth-order valence-corrected chi connectivity index (χ4v) is 4.62. The lowest BCUT2D eigenvalue weighted by Gasteiger charge is -2.33. The van der Waals surface area contributed by atoms with Crippen LogP contribution in [0.3, 0.4) is 0 Å². The van der Waals surface area contributed by atoms with Crippen molar-refractivity contribution in [2.45, 2.75) is 65.8 Å². The van der Waals surface area contributed by atoms with Crippen LogP contribution >= 0.6 is 11.3 Å². The molecule has 0 radical (unpaired) electrons. The van der Waals surface area contributed by atoms with Gasteiger partial charge in [-0.1, -0.05) is 33.1 Å². The van der Waals surface area contributed by atoms with E-state index in [0.29, 0.717) is 6.04 Å². The molecule has 1 aliphatic rings. The summed E-state index contributed by atoms with van der Waals surface area (Å²) in [5.74, 6) is 1.84. The Balaban J connectivity index is 2.08. The lowest BCUT2D eigenvalue weighted by molar-refractivity contribution is 0.222. The molecular formula is C17H29NS. The summed E-state index contributed by atoms with van der Waals surface area (Å²) in [5, 5.41) is 3.75. The van der Waals surface area contributed by atoms with Crippen molar-refractivity contribution in [2.24, 2.45) is 11.8 Å². The molecule has 1 aromatic heterocycles. The summed E-state index contributed by atoms with van der Waals surface area (Å²) in [4.78, 5) is 3.05. The summed E-state index contributed by atoms with van der Waals surface area (Å²) >= 11 is 2.00. The minimum Gasteiger partial charge on any atom is -0.309 e. The zero-order chi connectivity index (χ0) is 13.8. The molecule has 0 aromatic carbocycles. The number of nitrogens with one attached hydrogen (secondary N) is 1. The van der Waals surface area contributed by atoms with Gasteiger partial charge in [0, 0.05) is 15.8 Å². The van der Waals surface area contributed by atoms with Gasteiger partial charge in [-0.05, 0) is 56.7 Å². The maximum atomic E-state index is 3.75. The third-order valence-electron chi connectivity index (χ3n) is 4.86. The predicted molar refractivity (Wildman–Crippen MR) is 85.9 cm³/mol. The van der Waals surface area contributed by atoms with Gasteiger partial charge in [0.05, 0.1) is 0 Å². The van der Waals surface area contributed by atoms with Crippen LogP contribution in [0.25, 0.3) is 0 Å². The summed E-state index contributed by atoms with van der Waals surface area (Å²) in [6.45, 7) is 10.2. The molecule has 1 unspecified atom stereocenters. The van der Waals surface area contributed by atoms with Crippen LogP contribution < -0.4 is 5.32 Å². The molecule has 0 spiro atoms. The first-order valence-corrected chi connectivity index (χ1v) is 8.77. The molecule has 1 nitrogen and oxygen atoms in total. The molecule has 0 bridgehead atoms. The van der Waals surface area contributed by atoms with Gasteiger partial charge in [-0.25, -0.2) is 0 Å². The zero-order valence-corrected chi connectivity index (χ0v) is 13.8. The molecule has 0 amide bonds. The maximum absolute atomic E-state index is 3.75. The Labute approximate surface area is 122 Å². The van der Waals surface area contributed by atoms with Gasteiger partial charge in [-0.15, -0.1) is 11.3 Å². The molecule has 19 heavy (non-hydrogen) atoms. The van der Waals surface area contributed by atoms with Gasteiger partial charge in [0.15, 0.2) is 0 Å². The van der Waals surface area contributed by atoms with Crippen molar-refractivity contribution >= 4 is 11.3 Å². The first kappa shape index (κ1) is 15.1. The highest BCUT2D eigenvalue weighted by atomic mass is 32.1. The van der Waals surface area contributed by atoms with E-state index in [2.05, 4.69) is 39.1 Å². The van der Waals surface area contributed by atoms with Gasteiger partial charge in [0.2, 0.25) is 0 Å². The third-order valence-corrected chi connectivity index (χ3v) is 6.09. The number of thiophene rings is 1. The Hall–Kier alpha value is -0.340. The van der Waals surface area contributed by atoms with Crippen LogP contribution in [0.2, 0.25) is 0 Å². The molecule has 1 aliphatic carbocycles. The van der Waals surface area contributed by atoms with Gasteiger partial charge in [0.25, 0.3) is 0 Å². The van der Waals surface area contributed by atoms with Crippen LogP contribution in [0.4, 0.5) is 0 Å². The molecule has 0 aliphatic heterocycles. The van der Waals surface area contributed by atoms with E-state index in [9.17, 15) is 0 Å². The van der Waals surface area contributed by atoms with E-state index in [1.165, 1.54) is 42.5 Å². The minimum absolute atomic E-state index is 0.597. The second-order valence-corrected chi connectivity index (χ2v) is 7.40. The summed E-state index contributed by atoms with van der Waals surface area (Å²) in [6, 6.07) is 3.01. The highest BCUT2D eigenvalue weighted by Crippen LogP contribution is 2.40. The number of aryl methyl sites for hydroxylation is 2. The van der Waals surface area contributed by atoms with Crippen LogP contribution in [0.5, 0.6) is 0 Å².